The molecule has 0 aliphatic heterocycles. The molecule has 0 fully saturated rings. The number of aryl methyl sites for hydroxylation is 1. The Balaban J connectivity index is 2.20. The second kappa shape index (κ2) is 6.66. The summed E-state index contributed by atoms with van der Waals surface area (Å²) in [6.45, 7) is 6.15. The fourth-order valence-corrected chi connectivity index (χ4v) is 2.92. The third-order valence-corrected chi connectivity index (χ3v) is 4.38. The molecule has 0 saturated heterocycles. The highest BCUT2D eigenvalue weighted by atomic mass is 32.1. The summed E-state index contributed by atoms with van der Waals surface area (Å²) in [5, 5.41) is 5.56. The zero-order chi connectivity index (χ0) is 14.5. The first-order valence-electron chi connectivity index (χ1n) is 6.89. The molecule has 106 valence electrons. The number of rotatable bonds is 5. The van der Waals surface area contributed by atoms with Gasteiger partial charge in [0, 0.05) is 5.38 Å². The number of hydrogen-bond donors (Lipinski definition) is 1. The quantitative estimate of drug-likeness (QED) is 0.895. The van der Waals surface area contributed by atoms with Gasteiger partial charge in [0.25, 0.3) is 0 Å². The van der Waals surface area contributed by atoms with Crippen molar-refractivity contribution >= 4 is 22.4 Å². The van der Waals surface area contributed by atoms with Crippen LogP contribution >= 0.6 is 11.3 Å². The van der Waals surface area contributed by atoms with Crippen LogP contribution in [0.4, 0.5) is 5.13 Å². The zero-order valence-corrected chi connectivity index (χ0v) is 12.9. The van der Waals surface area contributed by atoms with Gasteiger partial charge in [-0.05, 0) is 18.4 Å². The summed E-state index contributed by atoms with van der Waals surface area (Å²) < 4.78 is 0. The Morgan fingerprint density at radius 3 is 2.60 bits per heavy atom. The van der Waals surface area contributed by atoms with E-state index in [1.54, 1.807) is 0 Å². The molecule has 0 aliphatic carbocycles. The van der Waals surface area contributed by atoms with Crippen molar-refractivity contribution in [1.82, 2.24) is 4.98 Å². The van der Waals surface area contributed by atoms with E-state index in [0.717, 1.165) is 17.7 Å². The van der Waals surface area contributed by atoms with Gasteiger partial charge >= 0.3 is 0 Å². The smallest absolute Gasteiger partial charge is 0.233 e. The molecule has 1 N–H and O–H groups in total. The highest BCUT2D eigenvalue weighted by Gasteiger charge is 2.26. The lowest BCUT2D eigenvalue weighted by atomic mass is 9.85. The third kappa shape index (κ3) is 3.45. The number of aromatic nitrogens is 1. The summed E-state index contributed by atoms with van der Waals surface area (Å²) in [7, 11) is 0. The summed E-state index contributed by atoms with van der Waals surface area (Å²) in [5.74, 6) is 0.184. The lowest BCUT2D eigenvalue weighted by Gasteiger charge is -2.22. The molecule has 2 unspecified atom stereocenters. The van der Waals surface area contributed by atoms with Crippen molar-refractivity contribution in [2.24, 2.45) is 5.92 Å². The van der Waals surface area contributed by atoms with Gasteiger partial charge in [-0.2, -0.15) is 0 Å². The maximum Gasteiger partial charge on any atom is 0.233 e. The maximum absolute atomic E-state index is 12.6. The van der Waals surface area contributed by atoms with Gasteiger partial charge in [0.15, 0.2) is 5.13 Å². The van der Waals surface area contributed by atoms with Crippen molar-refractivity contribution in [1.29, 1.82) is 0 Å². The fraction of sp³-hybridized carbons (Fsp3) is 0.375. The molecule has 2 aromatic rings. The van der Waals surface area contributed by atoms with Crippen molar-refractivity contribution in [2.45, 2.75) is 33.1 Å². The van der Waals surface area contributed by atoms with E-state index in [4.69, 9.17) is 0 Å². The Bertz CT molecular complexity index is 565. The molecule has 1 aromatic heterocycles. The molecule has 0 aliphatic rings. The predicted octanol–water partition coefficient (Wildman–Crippen LogP) is 4.22. The van der Waals surface area contributed by atoms with Crippen LogP contribution in [-0.2, 0) is 4.79 Å². The van der Waals surface area contributed by atoms with E-state index in [1.165, 1.54) is 11.3 Å². The first-order chi connectivity index (χ1) is 9.61. The molecular formula is C16H20N2OS. The minimum Gasteiger partial charge on any atom is -0.301 e. The lowest BCUT2D eigenvalue weighted by Crippen LogP contribution is -2.26. The van der Waals surface area contributed by atoms with Crippen LogP contribution in [0, 0.1) is 12.8 Å². The number of thiazole rings is 1. The standard InChI is InChI=1S/C16H20N2OS/c1-4-11(2)14(13-8-6-5-7-9-13)15(19)18-16-17-12(3)10-20-16/h5-11,14H,4H2,1-3H3,(H,17,18,19). The number of nitrogens with one attached hydrogen (secondary N) is 1. The molecule has 2 atom stereocenters. The third-order valence-electron chi connectivity index (χ3n) is 3.50. The van der Waals surface area contributed by atoms with Crippen LogP contribution < -0.4 is 5.32 Å². The number of anilines is 1. The number of nitrogens with zero attached hydrogens (tertiary/aromatic N) is 1. The van der Waals surface area contributed by atoms with Crippen LogP contribution in [0.2, 0.25) is 0 Å². The van der Waals surface area contributed by atoms with Crippen LogP contribution in [-0.4, -0.2) is 10.9 Å². The van der Waals surface area contributed by atoms with Gasteiger partial charge in [0.05, 0.1) is 11.6 Å². The molecule has 3 nitrogen and oxygen atoms in total. The first kappa shape index (κ1) is 14.7. The van der Waals surface area contributed by atoms with E-state index < -0.39 is 0 Å². The molecule has 1 amide bonds. The number of carbonyl (C=O) groups is 1. The Labute approximate surface area is 124 Å². The molecule has 0 radical (unpaired) electrons. The minimum absolute atomic E-state index is 0.0277. The molecule has 0 bridgehead atoms. The Hall–Kier alpha value is -1.68. The van der Waals surface area contributed by atoms with E-state index in [2.05, 4.69) is 24.1 Å². The number of amides is 1. The summed E-state index contributed by atoms with van der Waals surface area (Å²) in [6.07, 6.45) is 0.962. The van der Waals surface area contributed by atoms with E-state index in [1.807, 2.05) is 42.6 Å². The molecule has 0 saturated carbocycles. The van der Waals surface area contributed by atoms with E-state index >= 15 is 0 Å². The molecule has 1 aromatic carbocycles. The van der Waals surface area contributed by atoms with Gasteiger partial charge in [0.2, 0.25) is 5.91 Å². The van der Waals surface area contributed by atoms with Crippen LogP contribution in [0.3, 0.4) is 0 Å². The van der Waals surface area contributed by atoms with Crippen molar-refractivity contribution in [3.63, 3.8) is 0 Å². The highest BCUT2D eigenvalue weighted by molar-refractivity contribution is 7.13. The predicted molar refractivity (Wildman–Crippen MR) is 84.1 cm³/mol. The Morgan fingerprint density at radius 2 is 2.05 bits per heavy atom. The Kier molecular flexibility index (Phi) is 4.90. The average molecular weight is 288 g/mol. The summed E-state index contributed by atoms with van der Waals surface area (Å²) in [4.78, 5) is 16.9. The molecule has 0 spiro atoms. The van der Waals surface area contributed by atoms with E-state index in [0.29, 0.717) is 11.0 Å². The van der Waals surface area contributed by atoms with Crippen molar-refractivity contribution < 1.29 is 4.79 Å². The summed E-state index contributed by atoms with van der Waals surface area (Å²) >= 11 is 1.47. The molecule has 20 heavy (non-hydrogen) atoms. The SMILES string of the molecule is CCC(C)C(C(=O)Nc1nc(C)cs1)c1ccccc1. The maximum atomic E-state index is 12.6. The normalized spacial score (nSPS) is 13.8. The Morgan fingerprint density at radius 1 is 1.35 bits per heavy atom. The summed E-state index contributed by atoms with van der Waals surface area (Å²) in [5.41, 5.74) is 2.00. The van der Waals surface area contributed by atoms with Crippen molar-refractivity contribution in [3.05, 3.63) is 47.0 Å². The molecular weight excluding hydrogens is 268 g/mol. The van der Waals surface area contributed by atoms with Crippen LogP contribution in [0.15, 0.2) is 35.7 Å². The monoisotopic (exact) mass is 288 g/mol. The molecule has 1 heterocycles. The van der Waals surface area contributed by atoms with E-state index in [9.17, 15) is 4.79 Å². The van der Waals surface area contributed by atoms with Crippen molar-refractivity contribution in [3.8, 4) is 0 Å². The number of benzene rings is 1. The molecule has 4 heteroatoms. The largest absolute Gasteiger partial charge is 0.301 e. The number of carbonyl (C=O) groups excluding carboxylic acids is 1. The van der Waals surface area contributed by atoms with Gasteiger partial charge in [-0.15, -0.1) is 11.3 Å². The van der Waals surface area contributed by atoms with Gasteiger partial charge < -0.3 is 5.32 Å². The lowest BCUT2D eigenvalue weighted by molar-refractivity contribution is -0.118. The molecule has 2 rings (SSSR count). The van der Waals surface area contributed by atoms with Crippen LogP contribution in [0.1, 0.15) is 37.4 Å². The topological polar surface area (TPSA) is 42.0 Å². The fourth-order valence-electron chi connectivity index (χ4n) is 2.23. The van der Waals surface area contributed by atoms with Crippen LogP contribution in [0.5, 0.6) is 0 Å². The minimum atomic E-state index is -0.134. The van der Waals surface area contributed by atoms with Gasteiger partial charge in [-0.25, -0.2) is 4.98 Å². The van der Waals surface area contributed by atoms with Gasteiger partial charge in [-0.3, -0.25) is 4.79 Å². The van der Waals surface area contributed by atoms with E-state index in [-0.39, 0.29) is 11.8 Å². The second-order valence-corrected chi connectivity index (χ2v) is 5.92. The van der Waals surface area contributed by atoms with Crippen molar-refractivity contribution in [2.75, 3.05) is 5.32 Å². The van der Waals surface area contributed by atoms with Gasteiger partial charge in [0.1, 0.15) is 0 Å². The average Bonchev–Trinajstić information content (AvgIpc) is 2.85. The number of hydrogen-bond acceptors (Lipinski definition) is 3. The second-order valence-electron chi connectivity index (χ2n) is 5.06. The highest BCUT2D eigenvalue weighted by Crippen LogP contribution is 2.29. The van der Waals surface area contributed by atoms with Crippen LogP contribution in [0.25, 0.3) is 0 Å². The van der Waals surface area contributed by atoms with Gasteiger partial charge in [-0.1, -0.05) is 50.6 Å². The first-order valence-corrected chi connectivity index (χ1v) is 7.77. The summed E-state index contributed by atoms with van der Waals surface area (Å²) in [6, 6.07) is 9.96. The zero-order valence-electron chi connectivity index (χ0n) is 12.1.